The van der Waals surface area contributed by atoms with Gasteiger partial charge in [-0.15, -0.1) is 11.6 Å². The maximum atomic E-state index is 12.3. The lowest BCUT2D eigenvalue weighted by Gasteiger charge is -2.27. The van der Waals surface area contributed by atoms with Crippen LogP contribution in [0.4, 0.5) is 0 Å². The Bertz CT molecular complexity index is 641. The molecule has 0 aliphatic carbocycles. The predicted octanol–water partition coefficient (Wildman–Crippen LogP) is 2.87. The van der Waals surface area contributed by atoms with Crippen LogP contribution in [0.2, 0.25) is 5.02 Å². The van der Waals surface area contributed by atoms with Gasteiger partial charge in [-0.05, 0) is 37.6 Å². The van der Waals surface area contributed by atoms with Gasteiger partial charge in [0.1, 0.15) is 15.9 Å². The van der Waals surface area contributed by atoms with Crippen LogP contribution in [0.1, 0.15) is 19.4 Å². The molecule has 1 aromatic rings. The second-order valence-electron chi connectivity index (χ2n) is 4.86. The monoisotopic (exact) mass is 359 g/mol. The smallest absolute Gasteiger partial charge is 0.246 e. The largest absolute Gasteiger partial charge is 0.366 e. The van der Waals surface area contributed by atoms with Crippen molar-refractivity contribution in [2.45, 2.75) is 18.6 Å². The fraction of sp³-hybridized carbons (Fsp3) is 0.267. The fourth-order valence-corrected chi connectivity index (χ4v) is 2.52. The van der Waals surface area contributed by atoms with Gasteiger partial charge in [0, 0.05) is 10.6 Å². The number of thiol groups is 1. The topological polar surface area (TPSA) is 77.2 Å². The van der Waals surface area contributed by atoms with Crippen molar-refractivity contribution in [3.63, 3.8) is 0 Å². The van der Waals surface area contributed by atoms with Crippen LogP contribution in [-0.2, 0) is 14.4 Å². The first-order chi connectivity index (χ1) is 10.1. The van der Waals surface area contributed by atoms with Crippen molar-refractivity contribution in [1.29, 1.82) is 0 Å². The number of Topliss-reactive ketones (excluding diaryl/α,β-unsaturated/α-hetero) is 2. The van der Waals surface area contributed by atoms with Gasteiger partial charge < -0.3 is 5.73 Å². The number of halogens is 2. The zero-order valence-electron chi connectivity index (χ0n) is 12.0. The van der Waals surface area contributed by atoms with Crippen LogP contribution in [0.15, 0.2) is 29.8 Å². The van der Waals surface area contributed by atoms with Crippen molar-refractivity contribution >= 4 is 59.4 Å². The van der Waals surface area contributed by atoms with Crippen LogP contribution in [0, 0.1) is 5.41 Å². The van der Waals surface area contributed by atoms with E-state index in [2.05, 4.69) is 12.6 Å². The number of rotatable bonds is 6. The van der Waals surface area contributed by atoms with Gasteiger partial charge in [-0.1, -0.05) is 23.7 Å². The van der Waals surface area contributed by atoms with Crippen molar-refractivity contribution in [3.05, 3.63) is 40.4 Å². The Labute approximate surface area is 144 Å². The van der Waals surface area contributed by atoms with Gasteiger partial charge in [0.05, 0.1) is 0 Å². The maximum Gasteiger partial charge on any atom is 0.246 e. The first-order valence-electron chi connectivity index (χ1n) is 6.25. The number of amides is 1. The van der Waals surface area contributed by atoms with Crippen LogP contribution in [0.5, 0.6) is 0 Å². The summed E-state index contributed by atoms with van der Waals surface area (Å²) in [5.74, 6) is -2.13. The number of ketones is 2. The Balaban J connectivity index is 3.50. The predicted molar refractivity (Wildman–Crippen MR) is 91.0 cm³/mol. The van der Waals surface area contributed by atoms with Crippen molar-refractivity contribution in [3.8, 4) is 0 Å². The van der Waals surface area contributed by atoms with Gasteiger partial charge in [0.15, 0.2) is 5.78 Å². The number of carbonyl (C=O) groups is 3. The fourth-order valence-electron chi connectivity index (χ4n) is 1.92. The number of benzene rings is 1. The molecular weight excluding hydrogens is 345 g/mol. The van der Waals surface area contributed by atoms with Gasteiger partial charge in [0.25, 0.3) is 0 Å². The summed E-state index contributed by atoms with van der Waals surface area (Å²) in [5, 5.41) is 0.513. The molecule has 0 saturated heterocycles. The molecule has 7 heteroatoms. The lowest BCUT2D eigenvalue weighted by Crippen LogP contribution is -2.44. The number of primary amides is 1. The summed E-state index contributed by atoms with van der Waals surface area (Å²) in [6.45, 7) is 2.51. The summed E-state index contributed by atoms with van der Waals surface area (Å²) in [5.41, 5.74) is 4.03. The summed E-state index contributed by atoms with van der Waals surface area (Å²) in [7, 11) is 0. The number of alkyl halides is 1. The molecule has 118 valence electrons. The van der Waals surface area contributed by atoms with E-state index in [1.54, 1.807) is 24.3 Å². The summed E-state index contributed by atoms with van der Waals surface area (Å²) in [6, 6.07) is 6.49. The average molecular weight is 360 g/mol. The van der Waals surface area contributed by atoms with Gasteiger partial charge in [-0.2, -0.15) is 12.6 Å². The summed E-state index contributed by atoms with van der Waals surface area (Å²) in [6.07, 6.45) is 1.38. The van der Waals surface area contributed by atoms with Gasteiger partial charge in [-0.3, -0.25) is 14.4 Å². The molecule has 1 aromatic carbocycles. The van der Waals surface area contributed by atoms with Crippen molar-refractivity contribution in [2.24, 2.45) is 11.1 Å². The lowest BCUT2D eigenvalue weighted by molar-refractivity contribution is -0.137. The standard InChI is InChI=1S/C15H15Cl2NO3S/c1-8(19)15(2,12(20)13(17)22)11(14(18)21)7-9-3-5-10(16)6-4-9/h3-7,13,22H,1-2H3,(H2,18,21)/b11-7+. The van der Waals surface area contributed by atoms with Crippen molar-refractivity contribution in [1.82, 2.24) is 0 Å². The third-order valence-corrected chi connectivity index (χ3v) is 4.08. The van der Waals surface area contributed by atoms with E-state index in [0.717, 1.165) is 0 Å². The normalized spacial score (nSPS) is 15.8. The molecule has 2 atom stereocenters. The molecule has 1 amide bonds. The molecule has 4 nitrogen and oxygen atoms in total. The summed E-state index contributed by atoms with van der Waals surface area (Å²) in [4.78, 5) is 36.1. The zero-order valence-corrected chi connectivity index (χ0v) is 14.4. The Morgan fingerprint density at radius 2 is 1.77 bits per heavy atom. The number of nitrogens with two attached hydrogens (primary N) is 1. The highest BCUT2D eigenvalue weighted by Crippen LogP contribution is 2.34. The van der Waals surface area contributed by atoms with Crippen LogP contribution in [-0.4, -0.2) is 22.2 Å². The minimum Gasteiger partial charge on any atom is -0.366 e. The Kier molecular flexibility index (Phi) is 6.23. The van der Waals surface area contributed by atoms with Crippen LogP contribution in [0.3, 0.4) is 0 Å². The van der Waals surface area contributed by atoms with E-state index in [4.69, 9.17) is 28.9 Å². The molecule has 0 bridgehead atoms. The third-order valence-electron chi connectivity index (χ3n) is 3.40. The number of hydrogen-bond acceptors (Lipinski definition) is 4. The van der Waals surface area contributed by atoms with Gasteiger partial charge in [0.2, 0.25) is 5.91 Å². The number of carbonyl (C=O) groups excluding carboxylic acids is 3. The maximum absolute atomic E-state index is 12.3. The van der Waals surface area contributed by atoms with Crippen molar-refractivity contribution in [2.75, 3.05) is 0 Å². The Morgan fingerprint density at radius 3 is 2.14 bits per heavy atom. The van der Waals surface area contributed by atoms with E-state index >= 15 is 0 Å². The van der Waals surface area contributed by atoms with E-state index < -0.39 is 27.6 Å². The molecule has 0 heterocycles. The summed E-state index contributed by atoms with van der Waals surface area (Å²) < 4.78 is -1.23. The molecule has 2 N–H and O–H groups in total. The SMILES string of the molecule is CC(=O)C(C)(C(=O)C(S)Cl)/C(=C/c1ccc(Cl)cc1)C(N)=O. The highest BCUT2D eigenvalue weighted by molar-refractivity contribution is 7.83. The molecule has 0 aliphatic rings. The molecule has 0 radical (unpaired) electrons. The van der Waals surface area contributed by atoms with Gasteiger partial charge in [-0.25, -0.2) is 0 Å². The molecule has 0 fully saturated rings. The molecule has 2 unspecified atom stereocenters. The first-order valence-corrected chi connectivity index (χ1v) is 7.58. The highest BCUT2D eigenvalue weighted by Gasteiger charge is 2.45. The molecule has 0 aromatic heterocycles. The molecular formula is C15H15Cl2NO3S. The van der Waals surface area contributed by atoms with E-state index in [9.17, 15) is 14.4 Å². The Hall–Kier alpha value is -1.30. The van der Waals surface area contributed by atoms with Crippen LogP contribution in [0.25, 0.3) is 6.08 Å². The first kappa shape index (κ1) is 18.7. The minimum atomic E-state index is -1.76. The molecule has 22 heavy (non-hydrogen) atoms. The minimum absolute atomic E-state index is 0.146. The number of hydrogen-bond donors (Lipinski definition) is 2. The molecule has 1 rings (SSSR count). The second kappa shape index (κ2) is 7.31. The third kappa shape index (κ3) is 3.91. The molecule has 0 spiro atoms. The highest BCUT2D eigenvalue weighted by atomic mass is 35.5. The summed E-state index contributed by atoms with van der Waals surface area (Å²) >= 11 is 15.3. The second-order valence-corrected chi connectivity index (χ2v) is 6.55. The van der Waals surface area contributed by atoms with Crippen LogP contribution < -0.4 is 5.73 Å². The van der Waals surface area contributed by atoms with Gasteiger partial charge >= 0.3 is 0 Å². The lowest BCUT2D eigenvalue weighted by atomic mass is 9.74. The quantitative estimate of drug-likeness (QED) is 0.354. The van der Waals surface area contributed by atoms with E-state index in [-0.39, 0.29) is 5.57 Å². The van der Waals surface area contributed by atoms with E-state index in [1.165, 1.54) is 19.9 Å². The van der Waals surface area contributed by atoms with Crippen LogP contribution >= 0.6 is 35.8 Å². The van der Waals surface area contributed by atoms with Crippen molar-refractivity contribution < 1.29 is 14.4 Å². The average Bonchev–Trinajstić information content (AvgIpc) is 2.44. The zero-order chi connectivity index (χ0) is 17.1. The molecule has 0 saturated carbocycles. The van der Waals surface area contributed by atoms with E-state index in [0.29, 0.717) is 10.6 Å². The molecule has 0 aliphatic heterocycles. The van der Waals surface area contributed by atoms with E-state index in [1.807, 2.05) is 0 Å². The Morgan fingerprint density at radius 1 is 1.27 bits per heavy atom.